The molecule has 18 heavy (non-hydrogen) atoms. The Morgan fingerprint density at radius 2 is 1.67 bits per heavy atom. The number of hydrogen-bond donors (Lipinski definition) is 2. The van der Waals surface area contributed by atoms with E-state index < -0.39 is 16.9 Å². The van der Waals surface area contributed by atoms with Crippen molar-refractivity contribution in [1.29, 1.82) is 0 Å². The number of carbonyl (C=O) groups excluding carboxylic acids is 1. The maximum Gasteiger partial charge on any atom is 0.318 e. The van der Waals surface area contributed by atoms with Crippen LogP contribution in [-0.2, 0) is 9.53 Å². The highest BCUT2D eigenvalue weighted by Crippen LogP contribution is 2.30. The summed E-state index contributed by atoms with van der Waals surface area (Å²) in [6.07, 6.45) is 0. The number of nitrogens with zero attached hydrogens (tertiary/aromatic N) is 1. The molecule has 0 aliphatic carbocycles. The number of carboxylic acid groups (broad SMARTS) is 1. The Bertz CT molecular complexity index is 333. The third-order valence-corrected chi connectivity index (χ3v) is 3.81. The Balaban J connectivity index is 2.70. The zero-order valence-corrected chi connectivity index (χ0v) is 11.4. The van der Waals surface area contributed by atoms with Gasteiger partial charge in [-0.15, -0.1) is 0 Å². The van der Waals surface area contributed by atoms with E-state index in [9.17, 15) is 14.7 Å². The molecular formula is C12H22N2O4. The molecule has 0 bridgehead atoms. The van der Waals surface area contributed by atoms with E-state index in [1.807, 2.05) is 0 Å². The van der Waals surface area contributed by atoms with Crippen LogP contribution in [0, 0.1) is 5.41 Å². The van der Waals surface area contributed by atoms with Crippen LogP contribution in [0.5, 0.6) is 0 Å². The van der Waals surface area contributed by atoms with Crippen LogP contribution >= 0.6 is 0 Å². The van der Waals surface area contributed by atoms with Crippen LogP contribution in [0.3, 0.4) is 0 Å². The molecule has 1 aliphatic heterocycles. The number of urea groups is 1. The zero-order chi connectivity index (χ0) is 14.0. The molecule has 6 heteroatoms. The number of nitrogens with one attached hydrogen (secondary N) is 1. The van der Waals surface area contributed by atoms with E-state index in [-0.39, 0.29) is 6.03 Å². The molecule has 0 spiro atoms. The van der Waals surface area contributed by atoms with Gasteiger partial charge in [0.05, 0.1) is 24.2 Å². The van der Waals surface area contributed by atoms with E-state index >= 15 is 0 Å². The summed E-state index contributed by atoms with van der Waals surface area (Å²) in [7, 11) is 0. The monoisotopic (exact) mass is 258 g/mol. The lowest BCUT2D eigenvalue weighted by atomic mass is 9.74. The number of rotatable bonds is 3. The zero-order valence-electron chi connectivity index (χ0n) is 11.4. The summed E-state index contributed by atoms with van der Waals surface area (Å²) < 4.78 is 5.17. The Kier molecular flexibility index (Phi) is 4.21. The lowest BCUT2D eigenvalue weighted by molar-refractivity contribution is -0.150. The van der Waals surface area contributed by atoms with Gasteiger partial charge in [0.1, 0.15) is 0 Å². The number of hydrogen-bond acceptors (Lipinski definition) is 3. The minimum Gasteiger partial charge on any atom is -0.481 e. The second kappa shape index (κ2) is 5.14. The fourth-order valence-corrected chi connectivity index (χ4v) is 1.54. The van der Waals surface area contributed by atoms with Crippen molar-refractivity contribution in [3.05, 3.63) is 0 Å². The first-order chi connectivity index (χ1) is 8.18. The van der Waals surface area contributed by atoms with Gasteiger partial charge in [-0.05, 0) is 27.7 Å². The summed E-state index contributed by atoms with van der Waals surface area (Å²) in [6, 6.07) is -0.238. The molecule has 0 aromatic heterocycles. The fraction of sp³-hybridized carbons (Fsp3) is 0.833. The Hall–Kier alpha value is -1.30. The third kappa shape index (κ3) is 2.93. The van der Waals surface area contributed by atoms with Gasteiger partial charge in [0, 0.05) is 13.1 Å². The minimum absolute atomic E-state index is 0.238. The first kappa shape index (κ1) is 14.8. The lowest BCUT2D eigenvalue weighted by Crippen LogP contribution is -2.60. The molecule has 0 unspecified atom stereocenters. The van der Waals surface area contributed by atoms with Gasteiger partial charge in [0.15, 0.2) is 0 Å². The van der Waals surface area contributed by atoms with Gasteiger partial charge in [-0.1, -0.05) is 0 Å². The smallest absolute Gasteiger partial charge is 0.318 e. The Morgan fingerprint density at radius 1 is 1.17 bits per heavy atom. The van der Waals surface area contributed by atoms with Crippen LogP contribution < -0.4 is 5.32 Å². The highest BCUT2D eigenvalue weighted by Gasteiger charge is 2.45. The molecule has 0 atom stereocenters. The molecule has 104 valence electrons. The number of carboxylic acids is 1. The van der Waals surface area contributed by atoms with Crippen LogP contribution in [0.4, 0.5) is 4.79 Å². The molecule has 1 saturated heterocycles. The first-order valence-electron chi connectivity index (χ1n) is 6.07. The standard InChI is InChI=1S/C12H22N2O4/c1-11(2,9(15)16)12(3,4)13-10(17)14-5-7-18-8-6-14/h5-8H2,1-4H3,(H,13,17)(H,15,16). The summed E-state index contributed by atoms with van der Waals surface area (Å²) in [6.45, 7) is 8.78. The maximum atomic E-state index is 12.0. The van der Waals surface area contributed by atoms with Crippen molar-refractivity contribution in [2.45, 2.75) is 33.2 Å². The van der Waals surface area contributed by atoms with E-state index in [1.54, 1.807) is 32.6 Å². The average molecular weight is 258 g/mol. The number of ether oxygens (including phenoxy) is 1. The summed E-state index contributed by atoms with van der Waals surface area (Å²) in [5.74, 6) is -0.935. The van der Waals surface area contributed by atoms with Crippen molar-refractivity contribution in [1.82, 2.24) is 10.2 Å². The molecule has 2 N–H and O–H groups in total. The molecule has 1 heterocycles. The van der Waals surface area contributed by atoms with Crippen LogP contribution in [0.25, 0.3) is 0 Å². The highest BCUT2D eigenvalue weighted by atomic mass is 16.5. The van der Waals surface area contributed by atoms with E-state index in [0.29, 0.717) is 26.3 Å². The number of aliphatic carboxylic acids is 1. The minimum atomic E-state index is -1.05. The summed E-state index contributed by atoms with van der Waals surface area (Å²) in [5.41, 5.74) is -1.89. The van der Waals surface area contributed by atoms with Crippen LogP contribution in [0.15, 0.2) is 0 Å². The van der Waals surface area contributed by atoms with Crippen molar-refractivity contribution in [3.8, 4) is 0 Å². The van der Waals surface area contributed by atoms with Gasteiger partial charge in [0.2, 0.25) is 0 Å². The largest absolute Gasteiger partial charge is 0.481 e. The quantitative estimate of drug-likeness (QED) is 0.789. The molecule has 0 aromatic carbocycles. The summed E-state index contributed by atoms with van der Waals surface area (Å²) in [4.78, 5) is 24.9. The van der Waals surface area contributed by atoms with Gasteiger partial charge in [0.25, 0.3) is 0 Å². The predicted octanol–water partition coefficient (Wildman–Crippen LogP) is 0.918. The molecular weight excluding hydrogens is 236 g/mol. The number of amides is 2. The van der Waals surface area contributed by atoms with E-state index in [1.165, 1.54) is 0 Å². The van der Waals surface area contributed by atoms with Crippen LogP contribution in [-0.4, -0.2) is 53.8 Å². The number of morpholine rings is 1. The van der Waals surface area contributed by atoms with Gasteiger partial charge in [-0.2, -0.15) is 0 Å². The third-order valence-electron chi connectivity index (χ3n) is 3.81. The van der Waals surface area contributed by atoms with Gasteiger partial charge in [-0.3, -0.25) is 4.79 Å². The number of carbonyl (C=O) groups is 2. The van der Waals surface area contributed by atoms with Gasteiger partial charge < -0.3 is 20.1 Å². The van der Waals surface area contributed by atoms with Crippen molar-refractivity contribution in [2.24, 2.45) is 5.41 Å². The average Bonchev–Trinajstić information content (AvgIpc) is 2.29. The Labute approximate surface area is 107 Å². The second-order valence-corrected chi connectivity index (χ2v) is 5.58. The van der Waals surface area contributed by atoms with E-state index in [0.717, 1.165) is 0 Å². The molecule has 1 rings (SSSR count). The molecule has 6 nitrogen and oxygen atoms in total. The lowest BCUT2D eigenvalue weighted by Gasteiger charge is -2.40. The molecule has 0 saturated carbocycles. The van der Waals surface area contributed by atoms with Crippen molar-refractivity contribution in [2.75, 3.05) is 26.3 Å². The molecule has 2 amide bonds. The highest BCUT2D eigenvalue weighted by molar-refractivity contribution is 5.79. The van der Waals surface area contributed by atoms with Crippen molar-refractivity contribution in [3.63, 3.8) is 0 Å². The fourth-order valence-electron chi connectivity index (χ4n) is 1.54. The normalized spacial score (nSPS) is 17.4. The van der Waals surface area contributed by atoms with E-state index in [2.05, 4.69) is 5.32 Å². The molecule has 0 radical (unpaired) electrons. The summed E-state index contributed by atoms with van der Waals surface area (Å²) >= 11 is 0. The SMILES string of the molecule is CC(C)(NC(=O)N1CCOCC1)C(C)(C)C(=O)O. The van der Waals surface area contributed by atoms with Crippen molar-refractivity contribution < 1.29 is 19.4 Å². The maximum absolute atomic E-state index is 12.0. The Morgan fingerprint density at radius 3 is 2.11 bits per heavy atom. The van der Waals surface area contributed by atoms with Gasteiger partial charge in [-0.25, -0.2) is 4.79 Å². The molecule has 0 aromatic rings. The topological polar surface area (TPSA) is 78.9 Å². The van der Waals surface area contributed by atoms with Crippen LogP contribution in [0.2, 0.25) is 0 Å². The van der Waals surface area contributed by atoms with E-state index in [4.69, 9.17) is 4.74 Å². The summed E-state index contributed by atoms with van der Waals surface area (Å²) in [5, 5.41) is 12.0. The predicted molar refractivity (Wildman–Crippen MR) is 66.4 cm³/mol. The van der Waals surface area contributed by atoms with Crippen LogP contribution in [0.1, 0.15) is 27.7 Å². The molecule has 1 aliphatic rings. The second-order valence-electron chi connectivity index (χ2n) is 5.58. The first-order valence-corrected chi connectivity index (χ1v) is 6.07. The van der Waals surface area contributed by atoms with Crippen molar-refractivity contribution >= 4 is 12.0 Å². The molecule has 1 fully saturated rings. The van der Waals surface area contributed by atoms with Gasteiger partial charge >= 0.3 is 12.0 Å².